The second-order valence-electron chi connectivity index (χ2n) is 4.55. The minimum Gasteiger partial charge on any atom is -0.466 e. The zero-order valence-electron chi connectivity index (χ0n) is 12.0. The van der Waals surface area contributed by atoms with Gasteiger partial charge in [0, 0.05) is 11.8 Å². The molecular formula is C14H24Cl2O4. The molecule has 4 nitrogen and oxygen atoms in total. The van der Waals surface area contributed by atoms with Crippen LogP contribution in [-0.2, 0) is 19.1 Å². The Morgan fingerprint density at radius 2 is 1.60 bits per heavy atom. The molecule has 6 heteroatoms. The zero-order chi connectivity index (χ0) is 15.2. The van der Waals surface area contributed by atoms with Crippen molar-refractivity contribution in [1.29, 1.82) is 0 Å². The van der Waals surface area contributed by atoms with Gasteiger partial charge in [0.15, 0.2) is 0 Å². The van der Waals surface area contributed by atoms with E-state index in [2.05, 4.69) is 6.92 Å². The van der Waals surface area contributed by atoms with Crippen LogP contribution in [0.5, 0.6) is 0 Å². The van der Waals surface area contributed by atoms with E-state index in [1.165, 1.54) is 0 Å². The fraction of sp³-hybridized carbons (Fsp3) is 0.857. The number of ether oxygens (including phenoxy) is 2. The molecule has 0 saturated heterocycles. The average molecular weight is 327 g/mol. The van der Waals surface area contributed by atoms with E-state index in [-0.39, 0.29) is 24.8 Å². The van der Waals surface area contributed by atoms with E-state index in [4.69, 9.17) is 32.7 Å². The number of rotatable bonds is 12. The third-order valence-electron chi connectivity index (χ3n) is 2.92. The van der Waals surface area contributed by atoms with Gasteiger partial charge in [0.2, 0.25) is 0 Å². The van der Waals surface area contributed by atoms with Crippen LogP contribution in [0.25, 0.3) is 0 Å². The van der Waals surface area contributed by atoms with Crippen LogP contribution in [-0.4, -0.2) is 36.9 Å². The summed E-state index contributed by atoms with van der Waals surface area (Å²) in [5.41, 5.74) is 0. The van der Waals surface area contributed by atoms with E-state index in [0.717, 1.165) is 25.7 Å². The van der Waals surface area contributed by atoms with Gasteiger partial charge in [-0.05, 0) is 25.2 Å². The van der Waals surface area contributed by atoms with Crippen molar-refractivity contribution in [1.82, 2.24) is 0 Å². The molecule has 20 heavy (non-hydrogen) atoms. The van der Waals surface area contributed by atoms with E-state index in [0.29, 0.717) is 30.9 Å². The van der Waals surface area contributed by atoms with Gasteiger partial charge in [-0.2, -0.15) is 0 Å². The van der Waals surface area contributed by atoms with E-state index in [1.54, 1.807) is 0 Å². The molecule has 1 atom stereocenters. The molecule has 0 rings (SSSR count). The SMILES string of the molecule is CCC(CCCCOC(=O)CCCl)COC(=O)CCCl. The summed E-state index contributed by atoms with van der Waals surface area (Å²) in [5, 5.41) is 0. The van der Waals surface area contributed by atoms with Gasteiger partial charge >= 0.3 is 11.9 Å². The molecule has 0 aromatic carbocycles. The van der Waals surface area contributed by atoms with Crippen molar-refractivity contribution < 1.29 is 19.1 Å². The van der Waals surface area contributed by atoms with Gasteiger partial charge in [0.25, 0.3) is 0 Å². The molecule has 0 amide bonds. The number of carbonyl (C=O) groups excluding carboxylic acids is 2. The van der Waals surface area contributed by atoms with Gasteiger partial charge < -0.3 is 9.47 Å². The van der Waals surface area contributed by atoms with Gasteiger partial charge in [-0.25, -0.2) is 0 Å². The number of hydrogen-bond acceptors (Lipinski definition) is 4. The minimum atomic E-state index is -0.248. The Kier molecular flexibility index (Phi) is 13.2. The van der Waals surface area contributed by atoms with Crippen LogP contribution in [0.3, 0.4) is 0 Å². The predicted octanol–water partition coefficient (Wildman–Crippen LogP) is 3.53. The molecule has 0 heterocycles. The first-order chi connectivity index (χ1) is 9.63. The van der Waals surface area contributed by atoms with Gasteiger partial charge in [-0.3, -0.25) is 9.59 Å². The fourth-order valence-corrected chi connectivity index (χ4v) is 1.94. The second kappa shape index (κ2) is 13.5. The van der Waals surface area contributed by atoms with Crippen molar-refractivity contribution in [2.24, 2.45) is 5.92 Å². The number of esters is 2. The first-order valence-electron chi connectivity index (χ1n) is 7.07. The van der Waals surface area contributed by atoms with Gasteiger partial charge in [0.05, 0.1) is 26.1 Å². The van der Waals surface area contributed by atoms with Crippen molar-refractivity contribution in [2.45, 2.75) is 45.4 Å². The summed E-state index contributed by atoms with van der Waals surface area (Å²) in [7, 11) is 0. The average Bonchev–Trinajstić information content (AvgIpc) is 2.42. The Morgan fingerprint density at radius 1 is 1.00 bits per heavy atom. The van der Waals surface area contributed by atoms with Crippen LogP contribution in [0.1, 0.15) is 45.4 Å². The summed E-state index contributed by atoms with van der Waals surface area (Å²) < 4.78 is 10.1. The number of hydrogen-bond donors (Lipinski definition) is 0. The molecule has 0 aromatic heterocycles. The second-order valence-corrected chi connectivity index (χ2v) is 5.31. The summed E-state index contributed by atoms with van der Waals surface area (Å²) in [6, 6.07) is 0. The highest BCUT2D eigenvalue weighted by Crippen LogP contribution is 2.13. The molecule has 118 valence electrons. The Hall–Kier alpha value is -0.480. The van der Waals surface area contributed by atoms with Crippen molar-refractivity contribution in [3.63, 3.8) is 0 Å². The van der Waals surface area contributed by atoms with E-state index in [9.17, 15) is 9.59 Å². The Bertz CT molecular complexity index is 272. The summed E-state index contributed by atoms with van der Waals surface area (Å²) in [6.07, 6.45) is 4.20. The highest BCUT2D eigenvalue weighted by atomic mass is 35.5. The summed E-state index contributed by atoms with van der Waals surface area (Å²) in [5.74, 6) is 0.455. The van der Waals surface area contributed by atoms with Crippen molar-refractivity contribution in [3.8, 4) is 0 Å². The molecule has 0 N–H and O–H groups in total. The van der Waals surface area contributed by atoms with Gasteiger partial charge in [0.1, 0.15) is 0 Å². The molecule has 0 aliphatic carbocycles. The molecule has 0 fully saturated rings. The van der Waals surface area contributed by atoms with Crippen LogP contribution in [0.15, 0.2) is 0 Å². The maximum atomic E-state index is 11.2. The monoisotopic (exact) mass is 326 g/mol. The third kappa shape index (κ3) is 11.4. The third-order valence-corrected chi connectivity index (χ3v) is 3.30. The lowest BCUT2D eigenvalue weighted by molar-refractivity contribution is -0.145. The number of halogens is 2. The number of unbranched alkanes of at least 4 members (excludes halogenated alkanes) is 1. The molecule has 1 unspecified atom stereocenters. The molecule has 0 saturated carbocycles. The van der Waals surface area contributed by atoms with Gasteiger partial charge in [-0.15, -0.1) is 23.2 Å². The Balaban J connectivity index is 3.59. The summed E-state index contributed by atoms with van der Waals surface area (Å²) in [4.78, 5) is 22.3. The van der Waals surface area contributed by atoms with Crippen LogP contribution < -0.4 is 0 Å². The molecular weight excluding hydrogens is 303 g/mol. The molecule has 0 radical (unpaired) electrons. The highest BCUT2D eigenvalue weighted by Gasteiger charge is 2.10. The van der Waals surface area contributed by atoms with Crippen molar-refractivity contribution in [2.75, 3.05) is 25.0 Å². The van der Waals surface area contributed by atoms with E-state index < -0.39 is 0 Å². The minimum absolute atomic E-state index is 0.242. The summed E-state index contributed by atoms with van der Waals surface area (Å²) in [6.45, 7) is 2.94. The fourth-order valence-electron chi connectivity index (χ4n) is 1.64. The zero-order valence-corrected chi connectivity index (χ0v) is 13.5. The predicted molar refractivity (Wildman–Crippen MR) is 80.2 cm³/mol. The standard InChI is InChI=1S/C14H24Cl2O4/c1-2-12(11-20-14(18)7-9-16)5-3-4-10-19-13(17)6-8-15/h12H,2-11H2,1H3. The lowest BCUT2D eigenvalue weighted by Crippen LogP contribution is -2.14. The molecule has 0 aromatic rings. The maximum Gasteiger partial charge on any atom is 0.307 e. The molecule has 0 spiro atoms. The van der Waals surface area contributed by atoms with Crippen LogP contribution in [0, 0.1) is 5.92 Å². The smallest absolute Gasteiger partial charge is 0.307 e. The van der Waals surface area contributed by atoms with Crippen LogP contribution in [0.2, 0.25) is 0 Å². The van der Waals surface area contributed by atoms with Crippen LogP contribution in [0.4, 0.5) is 0 Å². The topological polar surface area (TPSA) is 52.6 Å². The van der Waals surface area contributed by atoms with Crippen LogP contribution >= 0.6 is 23.2 Å². The lowest BCUT2D eigenvalue weighted by atomic mass is 10.0. The van der Waals surface area contributed by atoms with Crippen molar-refractivity contribution >= 4 is 35.1 Å². The highest BCUT2D eigenvalue weighted by molar-refractivity contribution is 6.19. The largest absolute Gasteiger partial charge is 0.466 e. The first kappa shape index (κ1) is 19.5. The molecule has 0 aliphatic rings. The molecule has 0 bridgehead atoms. The number of carbonyl (C=O) groups is 2. The van der Waals surface area contributed by atoms with Gasteiger partial charge in [-0.1, -0.05) is 13.3 Å². The normalized spacial score (nSPS) is 11.9. The van der Waals surface area contributed by atoms with E-state index >= 15 is 0 Å². The Morgan fingerprint density at radius 3 is 2.15 bits per heavy atom. The van der Waals surface area contributed by atoms with Crippen molar-refractivity contribution in [3.05, 3.63) is 0 Å². The van der Waals surface area contributed by atoms with E-state index in [1.807, 2.05) is 0 Å². The maximum absolute atomic E-state index is 11.2. The number of alkyl halides is 2. The summed E-state index contributed by atoms with van der Waals surface area (Å²) >= 11 is 10.9. The Labute approximate surface area is 131 Å². The quantitative estimate of drug-likeness (QED) is 0.313. The lowest BCUT2D eigenvalue weighted by Gasteiger charge is -2.14. The first-order valence-corrected chi connectivity index (χ1v) is 8.14. The molecule has 0 aliphatic heterocycles.